The fourth-order valence-corrected chi connectivity index (χ4v) is 3.10. The number of carbonyl (C=O) groups is 1. The first kappa shape index (κ1) is 18.6. The van der Waals surface area contributed by atoms with Crippen LogP contribution in [-0.2, 0) is 29.0 Å². The number of amides is 1. The summed E-state index contributed by atoms with van der Waals surface area (Å²) in [6.07, 6.45) is 2.05. The van der Waals surface area contributed by atoms with Crippen LogP contribution in [-0.4, -0.2) is 43.6 Å². The van der Waals surface area contributed by atoms with Gasteiger partial charge in [0, 0.05) is 18.8 Å². The average molecular weight is 353 g/mol. The Morgan fingerprint density at radius 2 is 1.88 bits per heavy atom. The Morgan fingerprint density at radius 1 is 1.15 bits per heavy atom. The predicted molar refractivity (Wildman–Crippen MR) is 104 cm³/mol. The molecule has 0 spiro atoms. The van der Waals surface area contributed by atoms with Crippen molar-refractivity contribution in [3.8, 4) is 0 Å². The Balaban J connectivity index is 1.51. The Hall–Kier alpha value is -2.21. The monoisotopic (exact) mass is 353 g/mol. The minimum atomic E-state index is -0.691. The molecule has 1 aliphatic rings. The van der Waals surface area contributed by atoms with Gasteiger partial charge >= 0.3 is 0 Å². The van der Waals surface area contributed by atoms with Gasteiger partial charge in [-0.25, -0.2) is 0 Å². The van der Waals surface area contributed by atoms with Crippen LogP contribution in [0.5, 0.6) is 0 Å². The van der Waals surface area contributed by atoms with E-state index in [0.29, 0.717) is 6.61 Å². The van der Waals surface area contributed by atoms with E-state index in [4.69, 9.17) is 10.5 Å². The number of fused-ring (bicyclic) bond motifs is 1. The van der Waals surface area contributed by atoms with Gasteiger partial charge in [-0.15, -0.1) is 0 Å². The van der Waals surface area contributed by atoms with Crippen LogP contribution in [0.4, 0.5) is 5.69 Å². The van der Waals surface area contributed by atoms with Crippen LogP contribution < -0.4 is 11.1 Å². The number of nitrogens with zero attached hydrogens (tertiary/aromatic N) is 1. The van der Waals surface area contributed by atoms with Crippen molar-refractivity contribution in [1.82, 2.24) is 4.90 Å². The van der Waals surface area contributed by atoms with Crippen molar-refractivity contribution < 1.29 is 9.53 Å². The number of nitrogens with one attached hydrogen (secondary N) is 1. The predicted octanol–water partition coefficient (Wildman–Crippen LogP) is 2.20. The minimum absolute atomic E-state index is 0.191. The van der Waals surface area contributed by atoms with Gasteiger partial charge in [-0.2, -0.15) is 0 Å². The maximum absolute atomic E-state index is 12.3. The van der Waals surface area contributed by atoms with Crippen molar-refractivity contribution in [2.24, 2.45) is 5.73 Å². The Labute approximate surface area is 155 Å². The second kappa shape index (κ2) is 8.94. The second-order valence-electron chi connectivity index (χ2n) is 6.88. The SMILES string of the molecule is CN1CCc2ccc(NC(=O)[C@H](N)COCc3ccccc3)cc2CC1. The third kappa shape index (κ3) is 5.14. The molecular weight excluding hydrogens is 326 g/mol. The lowest BCUT2D eigenvalue weighted by molar-refractivity contribution is -0.118. The van der Waals surface area contributed by atoms with Crippen LogP contribution in [0.2, 0.25) is 0 Å². The minimum Gasteiger partial charge on any atom is -0.375 e. The van der Waals surface area contributed by atoms with E-state index in [1.807, 2.05) is 36.4 Å². The summed E-state index contributed by atoms with van der Waals surface area (Å²) in [6, 6.07) is 15.3. The van der Waals surface area contributed by atoms with Gasteiger partial charge in [0.1, 0.15) is 6.04 Å². The Bertz CT molecular complexity index is 733. The van der Waals surface area contributed by atoms with Gasteiger partial charge in [0.15, 0.2) is 0 Å². The Morgan fingerprint density at radius 3 is 2.65 bits per heavy atom. The topological polar surface area (TPSA) is 67.6 Å². The summed E-state index contributed by atoms with van der Waals surface area (Å²) in [5.41, 5.74) is 10.5. The van der Waals surface area contributed by atoms with Gasteiger partial charge in [0.05, 0.1) is 13.2 Å². The number of ether oxygens (including phenoxy) is 1. The van der Waals surface area contributed by atoms with Crippen LogP contribution in [0.1, 0.15) is 16.7 Å². The molecule has 0 aromatic heterocycles. The molecule has 5 heteroatoms. The summed E-state index contributed by atoms with van der Waals surface area (Å²) < 4.78 is 5.57. The number of anilines is 1. The van der Waals surface area contributed by atoms with E-state index in [1.165, 1.54) is 11.1 Å². The molecule has 1 atom stereocenters. The van der Waals surface area contributed by atoms with Crippen LogP contribution in [0, 0.1) is 0 Å². The number of benzene rings is 2. The largest absolute Gasteiger partial charge is 0.375 e. The first-order chi connectivity index (χ1) is 12.6. The van der Waals surface area contributed by atoms with Crippen LogP contribution in [0.15, 0.2) is 48.5 Å². The third-order valence-electron chi connectivity index (χ3n) is 4.75. The molecule has 2 aromatic rings. The molecule has 1 amide bonds. The summed E-state index contributed by atoms with van der Waals surface area (Å²) in [4.78, 5) is 14.7. The molecule has 26 heavy (non-hydrogen) atoms. The third-order valence-corrected chi connectivity index (χ3v) is 4.75. The summed E-state index contributed by atoms with van der Waals surface area (Å²) in [7, 11) is 2.14. The van der Waals surface area contributed by atoms with Crippen molar-refractivity contribution in [1.29, 1.82) is 0 Å². The Kier molecular flexibility index (Phi) is 6.39. The lowest BCUT2D eigenvalue weighted by Crippen LogP contribution is -2.39. The fraction of sp³-hybridized carbons (Fsp3) is 0.381. The normalized spacial score (nSPS) is 15.8. The molecular formula is C21H27N3O2. The summed E-state index contributed by atoms with van der Waals surface area (Å²) in [5.74, 6) is -0.219. The van der Waals surface area contributed by atoms with Crippen molar-refractivity contribution in [2.75, 3.05) is 32.1 Å². The number of carbonyl (C=O) groups excluding carboxylic acids is 1. The molecule has 0 aliphatic carbocycles. The molecule has 3 N–H and O–H groups in total. The van der Waals surface area contributed by atoms with E-state index in [-0.39, 0.29) is 12.5 Å². The second-order valence-corrected chi connectivity index (χ2v) is 6.88. The van der Waals surface area contributed by atoms with Crippen molar-refractivity contribution in [3.63, 3.8) is 0 Å². The summed E-state index contributed by atoms with van der Waals surface area (Å²) in [5, 5.41) is 2.91. The quantitative estimate of drug-likeness (QED) is 0.835. The van der Waals surface area contributed by atoms with Gasteiger partial charge in [-0.3, -0.25) is 4.79 Å². The zero-order valence-corrected chi connectivity index (χ0v) is 15.3. The first-order valence-electron chi connectivity index (χ1n) is 9.10. The molecule has 0 fully saturated rings. The first-order valence-corrected chi connectivity index (χ1v) is 9.10. The molecule has 0 saturated carbocycles. The number of hydrogen-bond acceptors (Lipinski definition) is 4. The van der Waals surface area contributed by atoms with E-state index in [1.54, 1.807) is 0 Å². The molecule has 138 valence electrons. The van der Waals surface area contributed by atoms with Crippen LogP contribution in [0.25, 0.3) is 0 Å². The molecule has 1 aliphatic heterocycles. The standard InChI is InChI=1S/C21H27N3O2/c1-24-11-9-17-7-8-19(13-18(17)10-12-24)23-21(25)20(22)15-26-14-16-5-3-2-4-6-16/h2-8,13,20H,9-12,14-15,22H2,1H3,(H,23,25)/t20-/m1/s1. The number of hydrogen-bond donors (Lipinski definition) is 2. The molecule has 0 saturated heterocycles. The maximum atomic E-state index is 12.3. The zero-order valence-electron chi connectivity index (χ0n) is 15.3. The van der Waals surface area contributed by atoms with E-state index in [9.17, 15) is 4.79 Å². The lowest BCUT2D eigenvalue weighted by atomic mass is 10.0. The lowest BCUT2D eigenvalue weighted by Gasteiger charge is -2.14. The number of likely N-dealkylation sites (N-methyl/N-ethyl adjacent to an activating group) is 1. The molecule has 0 unspecified atom stereocenters. The van der Waals surface area contributed by atoms with Crippen molar-refractivity contribution in [2.45, 2.75) is 25.5 Å². The number of rotatable bonds is 6. The van der Waals surface area contributed by atoms with Gasteiger partial charge in [-0.05, 0) is 48.7 Å². The highest BCUT2D eigenvalue weighted by Crippen LogP contribution is 2.20. The molecule has 5 nitrogen and oxygen atoms in total. The van der Waals surface area contributed by atoms with Crippen molar-refractivity contribution in [3.05, 3.63) is 65.2 Å². The van der Waals surface area contributed by atoms with Crippen LogP contribution in [0.3, 0.4) is 0 Å². The molecule has 0 bridgehead atoms. The summed E-state index contributed by atoms with van der Waals surface area (Å²) >= 11 is 0. The highest BCUT2D eigenvalue weighted by atomic mass is 16.5. The van der Waals surface area contributed by atoms with Gasteiger partial charge < -0.3 is 20.7 Å². The van der Waals surface area contributed by atoms with Gasteiger partial charge in [0.25, 0.3) is 0 Å². The summed E-state index contributed by atoms with van der Waals surface area (Å²) in [6.45, 7) is 2.75. The van der Waals surface area contributed by atoms with E-state index >= 15 is 0 Å². The highest BCUT2D eigenvalue weighted by molar-refractivity contribution is 5.94. The van der Waals surface area contributed by atoms with Crippen LogP contribution >= 0.6 is 0 Å². The maximum Gasteiger partial charge on any atom is 0.243 e. The molecule has 3 rings (SSSR count). The fourth-order valence-electron chi connectivity index (χ4n) is 3.10. The zero-order chi connectivity index (χ0) is 18.4. The van der Waals surface area contributed by atoms with E-state index in [0.717, 1.165) is 37.2 Å². The van der Waals surface area contributed by atoms with E-state index in [2.05, 4.69) is 29.4 Å². The van der Waals surface area contributed by atoms with Crippen molar-refractivity contribution >= 4 is 11.6 Å². The molecule has 2 aromatic carbocycles. The smallest absolute Gasteiger partial charge is 0.243 e. The van der Waals surface area contributed by atoms with E-state index < -0.39 is 6.04 Å². The highest BCUT2D eigenvalue weighted by Gasteiger charge is 2.16. The van der Waals surface area contributed by atoms with Gasteiger partial charge in [-0.1, -0.05) is 36.4 Å². The molecule has 0 radical (unpaired) electrons. The van der Waals surface area contributed by atoms with Gasteiger partial charge in [0.2, 0.25) is 5.91 Å². The average Bonchev–Trinajstić information content (AvgIpc) is 2.84. The molecule has 1 heterocycles. The number of nitrogens with two attached hydrogens (primary N) is 1.